The first-order valence-electron chi connectivity index (χ1n) is 5.55. The van der Waals surface area contributed by atoms with Gasteiger partial charge in [-0.1, -0.05) is 12.8 Å². The second-order valence-corrected chi connectivity index (χ2v) is 8.66. The fourth-order valence-corrected chi connectivity index (χ4v) is 4.74. The van der Waals surface area contributed by atoms with Gasteiger partial charge in [-0.3, -0.25) is 0 Å². The second kappa shape index (κ2) is 5.64. The molecule has 0 radical (unpaired) electrons. The third-order valence-electron chi connectivity index (χ3n) is 2.78. The molecule has 1 rings (SSSR count). The molecule has 0 spiro atoms. The van der Waals surface area contributed by atoms with Gasteiger partial charge in [-0.05, 0) is 12.8 Å². The Hall–Kier alpha value is -0.180. The number of aliphatic hydroxyl groups is 1. The van der Waals surface area contributed by atoms with Gasteiger partial charge in [-0.15, -0.1) is 0 Å². The van der Waals surface area contributed by atoms with Crippen molar-refractivity contribution < 1.29 is 21.9 Å². The van der Waals surface area contributed by atoms with E-state index < -0.39 is 43.5 Å². The Morgan fingerprint density at radius 3 is 2.24 bits per heavy atom. The van der Waals surface area contributed by atoms with Crippen molar-refractivity contribution in [3.8, 4) is 0 Å². The number of nitrogens with one attached hydrogen (secondary N) is 1. The fourth-order valence-electron chi connectivity index (χ4n) is 1.80. The average Bonchev–Trinajstić information content (AvgIpc) is 2.18. The van der Waals surface area contributed by atoms with Crippen molar-refractivity contribution in [2.45, 2.75) is 37.8 Å². The minimum atomic E-state index is -3.64. The molecule has 0 bridgehead atoms. The summed E-state index contributed by atoms with van der Waals surface area (Å²) in [5.74, 6) is -0.847. The molecule has 17 heavy (non-hydrogen) atoms. The normalized spacial score (nSPS) is 26.9. The highest BCUT2D eigenvalue weighted by Gasteiger charge is 2.27. The van der Waals surface area contributed by atoms with Gasteiger partial charge < -0.3 is 5.11 Å². The van der Waals surface area contributed by atoms with Crippen LogP contribution >= 0.6 is 0 Å². The molecular formula is C9H19NO5S2. The highest BCUT2D eigenvalue weighted by Crippen LogP contribution is 2.18. The Morgan fingerprint density at radius 2 is 1.71 bits per heavy atom. The molecule has 1 aliphatic carbocycles. The lowest BCUT2D eigenvalue weighted by Crippen LogP contribution is -2.46. The molecule has 6 nitrogen and oxygen atoms in total. The van der Waals surface area contributed by atoms with E-state index in [9.17, 15) is 21.9 Å². The van der Waals surface area contributed by atoms with Crippen LogP contribution in [0.25, 0.3) is 0 Å². The molecule has 0 aliphatic heterocycles. The van der Waals surface area contributed by atoms with Crippen molar-refractivity contribution in [1.29, 1.82) is 0 Å². The molecule has 0 unspecified atom stereocenters. The van der Waals surface area contributed by atoms with Crippen LogP contribution in [0, 0.1) is 0 Å². The van der Waals surface area contributed by atoms with Crippen LogP contribution in [0.1, 0.15) is 25.7 Å². The van der Waals surface area contributed by atoms with Crippen molar-refractivity contribution in [3.05, 3.63) is 0 Å². The van der Waals surface area contributed by atoms with Crippen LogP contribution in [0.4, 0.5) is 0 Å². The van der Waals surface area contributed by atoms with Crippen LogP contribution in [0.3, 0.4) is 0 Å². The highest BCUT2D eigenvalue weighted by molar-refractivity contribution is 7.93. The summed E-state index contributed by atoms with van der Waals surface area (Å²) in [6, 6.07) is -0.478. The van der Waals surface area contributed by atoms with Crippen molar-refractivity contribution in [2.75, 3.05) is 17.8 Å². The van der Waals surface area contributed by atoms with Gasteiger partial charge in [0.15, 0.2) is 0 Å². The minimum Gasteiger partial charge on any atom is -0.391 e. The first-order valence-corrected chi connectivity index (χ1v) is 9.27. The van der Waals surface area contributed by atoms with Crippen LogP contribution in [-0.2, 0) is 19.9 Å². The van der Waals surface area contributed by atoms with Gasteiger partial charge in [-0.2, -0.15) is 0 Å². The zero-order valence-electron chi connectivity index (χ0n) is 9.79. The zero-order chi connectivity index (χ0) is 13.1. The van der Waals surface area contributed by atoms with E-state index in [1.165, 1.54) is 0 Å². The number of sulfone groups is 1. The molecule has 0 aromatic heterocycles. The van der Waals surface area contributed by atoms with Crippen molar-refractivity contribution in [2.24, 2.45) is 0 Å². The van der Waals surface area contributed by atoms with Crippen LogP contribution < -0.4 is 4.72 Å². The van der Waals surface area contributed by atoms with E-state index in [1.54, 1.807) is 0 Å². The van der Waals surface area contributed by atoms with Crippen LogP contribution in [0.15, 0.2) is 0 Å². The molecule has 2 atom stereocenters. The Morgan fingerprint density at radius 1 is 1.12 bits per heavy atom. The summed E-state index contributed by atoms with van der Waals surface area (Å²) in [5.41, 5.74) is 0. The molecule has 0 saturated heterocycles. The van der Waals surface area contributed by atoms with Gasteiger partial charge in [-0.25, -0.2) is 21.6 Å². The summed E-state index contributed by atoms with van der Waals surface area (Å²) < 4.78 is 47.4. The van der Waals surface area contributed by atoms with E-state index in [0.717, 1.165) is 19.1 Å². The maximum Gasteiger partial charge on any atom is 0.212 e. The SMILES string of the molecule is CS(=O)(=O)CCS(=O)(=O)N[C@H]1CCCC[C@@H]1O. The maximum absolute atomic E-state index is 11.6. The lowest BCUT2D eigenvalue weighted by molar-refractivity contribution is 0.101. The fraction of sp³-hybridized carbons (Fsp3) is 1.00. The van der Waals surface area contributed by atoms with Gasteiger partial charge in [0, 0.05) is 12.3 Å². The number of aliphatic hydroxyl groups excluding tert-OH is 1. The Kier molecular flexibility index (Phi) is 4.94. The summed E-state index contributed by atoms with van der Waals surface area (Å²) in [6.45, 7) is 0. The van der Waals surface area contributed by atoms with Crippen molar-refractivity contribution in [1.82, 2.24) is 4.72 Å². The lowest BCUT2D eigenvalue weighted by atomic mass is 9.93. The van der Waals surface area contributed by atoms with E-state index in [1.807, 2.05) is 0 Å². The van der Waals surface area contributed by atoms with Gasteiger partial charge in [0.2, 0.25) is 10.0 Å². The molecule has 1 saturated carbocycles. The molecule has 0 aromatic rings. The van der Waals surface area contributed by atoms with Gasteiger partial charge in [0.05, 0.1) is 17.6 Å². The Bertz CT molecular complexity index is 442. The largest absolute Gasteiger partial charge is 0.391 e. The molecule has 102 valence electrons. The first kappa shape index (κ1) is 14.9. The van der Waals surface area contributed by atoms with Gasteiger partial charge >= 0.3 is 0 Å². The smallest absolute Gasteiger partial charge is 0.212 e. The maximum atomic E-state index is 11.6. The van der Waals surface area contributed by atoms with Crippen molar-refractivity contribution >= 4 is 19.9 Å². The summed E-state index contributed by atoms with van der Waals surface area (Å²) >= 11 is 0. The molecule has 2 N–H and O–H groups in total. The van der Waals surface area contributed by atoms with E-state index in [0.29, 0.717) is 12.8 Å². The summed E-state index contributed by atoms with van der Waals surface area (Å²) in [6.07, 6.45) is 3.27. The monoisotopic (exact) mass is 285 g/mol. The molecule has 0 amide bonds. The second-order valence-electron chi connectivity index (χ2n) is 4.52. The Balaban J connectivity index is 2.54. The van der Waals surface area contributed by atoms with Crippen LogP contribution in [0.5, 0.6) is 0 Å². The first-order chi connectivity index (χ1) is 7.70. The van der Waals surface area contributed by atoms with Gasteiger partial charge in [0.25, 0.3) is 0 Å². The number of hydrogen-bond acceptors (Lipinski definition) is 5. The molecule has 1 fully saturated rings. The summed E-state index contributed by atoms with van der Waals surface area (Å²) in [5, 5.41) is 9.62. The third kappa shape index (κ3) is 5.80. The topological polar surface area (TPSA) is 101 Å². The summed E-state index contributed by atoms with van der Waals surface area (Å²) in [7, 11) is -6.93. The predicted molar refractivity (Wildman–Crippen MR) is 64.9 cm³/mol. The van der Waals surface area contributed by atoms with E-state index >= 15 is 0 Å². The Labute approximate surface area is 102 Å². The minimum absolute atomic E-state index is 0.398. The quantitative estimate of drug-likeness (QED) is 0.692. The lowest BCUT2D eigenvalue weighted by Gasteiger charge is -2.27. The molecular weight excluding hydrogens is 266 g/mol. The van der Waals surface area contributed by atoms with E-state index in [2.05, 4.69) is 4.72 Å². The van der Waals surface area contributed by atoms with Crippen LogP contribution in [0.2, 0.25) is 0 Å². The van der Waals surface area contributed by atoms with Gasteiger partial charge in [0.1, 0.15) is 9.84 Å². The molecule has 1 aliphatic rings. The van der Waals surface area contributed by atoms with E-state index in [4.69, 9.17) is 0 Å². The molecule has 0 heterocycles. The molecule has 0 aromatic carbocycles. The van der Waals surface area contributed by atoms with Crippen molar-refractivity contribution in [3.63, 3.8) is 0 Å². The molecule has 8 heteroatoms. The number of hydrogen-bond donors (Lipinski definition) is 2. The zero-order valence-corrected chi connectivity index (χ0v) is 11.4. The standard InChI is InChI=1S/C9H19NO5S2/c1-16(12,13)6-7-17(14,15)10-8-4-2-3-5-9(8)11/h8-11H,2-7H2,1H3/t8-,9-/m0/s1. The number of sulfonamides is 1. The number of rotatable bonds is 5. The van der Waals surface area contributed by atoms with Crippen LogP contribution in [-0.4, -0.2) is 51.8 Å². The average molecular weight is 285 g/mol. The summed E-state index contributed by atoms with van der Waals surface area (Å²) in [4.78, 5) is 0. The third-order valence-corrected chi connectivity index (χ3v) is 5.39. The van der Waals surface area contributed by atoms with E-state index in [-0.39, 0.29) is 0 Å². The predicted octanol–water partition coefficient (Wildman–Crippen LogP) is -0.746. The highest BCUT2D eigenvalue weighted by atomic mass is 32.2.